The van der Waals surface area contributed by atoms with E-state index in [1.54, 1.807) is 4.40 Å². The third-order valence-electron chi connectivity index (χ3n) is 5.31. The molecule has 1 aliphatic rings. The highest BCUT2D eigenvalue weighted by molar-refractivity contribution is 7.73. The SMILES string of the molecule is COC(=O)CNC(=O)c1ccc2c(=O)[nH]c3c(C(=O)NC4CCCC4)sc(=S)n3c2c1. The van der Waals surface area contributed by atoms with Crippen LogP contribution >= 0.6 is 23.6 Å². The zero-order valence-electron chi connectivity index (χ0n) is 16.6. The highest BCUT2D eigenvalue weighted by Gasteiger charge is 2.23. The minimum Gasteiger partial charge on any atom is -0.468 e. The molecule has 11 heteroatoms. The van der Waals surface area contributed by atoms with Crippen molar-refractivity contribution in [2.75, 3.05) is 13.7 Å². The standard InChI is InChI=1S/C20H20N4O5S2/c1-29-14(25)9-21-17(26)10-6-7-12-13(8-10)24-16(23-18(12)27)15(31-20(24)30)19(28)22-11-4-2-3-5-11/h6-8,11H,2-5,9H2,1H3,(H,21,26)(H,22,28)(H,23,27). The van der Waals surface area contributed by atoms with Crippen LogP contribution in [0.2, 0.25) is 0 Å². The fraction of sp³-hybridized carbons (Fsp3) is 0.350. The summed E-state index contributed by atoms with van der Waals surface area (Å²) >= 11 is 6.58. The Morgan fingerprint density at radius 3 is 2.71 bits per heavy atom. The van der Waals surface area contributed by atoms with Crippen molar-refractivity contribution in [2.24, 2.45) is 0 Å². The van der Waals surface area contributed by atoms with Crippen LogP contribution in [0.15, 0.2) is 23.0 Å². The molecule has 2 aromatic heterocycles. The van der Waals surface area contributed by atoms with Gasteiger partial charge in [-0.1, -0.05) is 24.2 Å². The van der Waals surface area contributed by atoms with Gasteiger partial charge in [0, 0.05) is 11.6 Å². The van der Waals surface area contributed by atoms with E-state index in [1.165, 1.54) is 25.3 Å². The second kappa shape index (κ2) is 8.60. The lowest BCUT2D eigenvalue weighted by molar-refractivity contribution is -0.139. The number of fused-ring (bicyclic) bond motifs is 3. The van der Waals surface area contributed by atoms with Crippen LogP contribution in [0.4, 0.5) is 0 Å². The summed E-state index contributed by atoms with van der Waals surface area (Å²) in [6.07, 6.45) is 4.04. The number of benzene rings is 1. The van der Waals surface area contributed by atoms with Crippen molar-refractivity contribution in [3.63, 3.8) is 0 Å². The fourth-order valence-corrected chi connectivity index (χ4v) is 5.02. The molecular weight excluding hydrogens is 440 g/mol. The number of hydrogen-bond donors (Lipinski definition) is 3. The summed E-state index contributed by atoms with van der Waals surface area (Å²) in [5, 5.41) is 5.80. The maximum atomic E-state index is 12.8. The Bertz CT molecular complexity index is 1320. The van der Waals surface area contributed by atoms with Gasteiger partial charge in [-0.3, -0.25) is 23.6 Å². The van der Waals surface area contributed by atoms with E-state index in [2.05, 4.69) is 20.4 Å². The smallest absolute Gasteiger partial charge is 0.325 e. The van der Waals surface area contributed by atoms with E-state index in [1.807, 2.05) is 0 Å². The molecule has 0 bridgehead atoms. The second-order valence-electron chi connectivity index (χ2n) is 7.28. The van der Waals surface area contributed by atoms with Gasteiger partial charge in [0.05, 0.1) is 18.0 Å². The molecule has 162 valence electrons. The molecule has 2 amide bonds. The van der Waals surface area contributed by atoms with Crippen molar-refractivity contribution in [1.29, 1.82) is 0 Å². The summed E-state index contributed by atoms with van der Waals surface area (Å²) in [5.41, 5.74) is 0.563. The fourth-order valence-electron chi connectivity index (χ4n) is 3.73. The first-order chi connectivity index (χ1) is 14.9. The van der Waals surface area contributed by atoms with Crippen LogP contribution < -0.4 is 16.2 Å². The molecule has 0 radical (unpaired) electrons. The van der Waals surface area contributed by atoms with Crippen LogP contribution in [0.25, 0.3) is 16.6 Å². The van der Waals surface area contributed by atoms with Gasteiger partial charge >= 0.3 is 5.97 Å². The number of carbonyl (C=O) groups is 3. The lowest BCUT2D eigenvalue weighted by Gasteiger charge is -2.11. The molecular formula is C20H20N4O5S2. The number of methoxy groups -OCH3 is 1. The van der Waals surface area contributed by atoms with E-state index >= 15 is 0 Å². The maximum absolute atomic E-state index is 12.8. The van der Waals surface area contributed by atoms with E-state index in [4.69, 9.17) is 12.2 Å². The Morgan fingerprint density at radius 1 is 1.26 bits per heavy atom. The number of esters is 1. The highest BCUT2D eigenvalue weighted by Crippen LogP contribution is 2.25. The third-order valence-corrected chi connectivity index (χ3v) is 6.68. The van der Waals surface area contributed by atoms with E-state index in [0.29, 0.717) is 25.4 Å². The second-order valence-corrected chi connectivity index (χ2v) is 8.93. The van der Waals surface area contributed by atoms with E-state index in [0.717, 1.165) is 37.0 Å². The summed E-state index contributed by atoms with van der Waals surface area (Å²) in [6.45, 7) is -0.276. The lowest BCUT2D eigenvalue weighted by Crippen LogP contribution is -2.32. The van der Waals surface area contributed by atoms with Crippen molar-refractivity contribution in [3.8, 4) is 0 Å². The van der Waals surface area contributed by atoms with Crippen LogP contribution in [0.3, 0.4) is 0 Å². The molecule has 0 aliphatic heterocycles. The molecule has 0 unspecified atom stereocenters. The third kappa shape index (κ3) is 4.10. The first-order valence-electron chi connectivity index (χ1n) is 9.76. The number of amides is 2. The Labute approximate surface area is 185 Å². The van der Waals surface area contributed by atoms with Crippen LogP contribution in [0.5, 0.6) is 0 Å². The molecule has 0 atom stereocenters. The van der Waals surface area contributed by atoms with Gasteiger partial charge in [-0.2, -0.15) is 0 Å². The molecule has 0 saturated heterocycles. The van der Waals surface area contributed by atoms with Crippen molar-refractivity contribution < 1.29 is 19.1 Å². The lowest BCUT2D eigenvalue weighted by atomic mass is 10.1. The van der Waals surface area contributed by atoms with E-state index < -0.39 is 11.9 Å². The van der Waals surface area contributed by atoms with Crippen molar-refractivity contribution >= 4 is 57.9 Å². The monoisotopic (exact) mass is 460 g/mol. The number of carbonyl (C=O) groups excluding carboxylic acids is 3. The number of nitrogens with zero attached hydrogens (tertiary/aromatic N) is 1. The molecule has 3 N–H and O–H groups in total. The zero-order valence-corrected chi connectivity index (χ0v) is 18.3. The summed E-state index contributed by atoms with van der Waals surface area (Å²) < 4.78 is 6.48. The summed E-state index contributed by atoms with van der Waals surface area (Å²) in [6, 6.07) is 4.64. The van der Waals surface area contributed by atoms with Gasteiger partial charge in [-0.05, 0) is 43.3 Å². The summed E-state index contributed by atoms with van der Waals surface area (Å²) in [7, 11) is 1.23. The number of aromatic amines is 1. The normalized spacial score (nSPS) is 14.1. The Kier molecular flexibility index (Phi) is 5.88. The predicted octanol–water partition coefficient (Wildman–Crippen LogP) is 2.15. The van der Waals surface area contributed by atoms with Gasteiger partial charge < -0.3 is 20.4 Å². The Morgan fingerprint density at radius 2 is 2.00 bits per heavy atom. The average Bonchev–Trinajstić information content (AvgIpc) is 3.39. The number of thiazole rings is 1. The molecule has 1 aromatic carbocycles. The molecule has 3 aromatic rings. The van der Waals surface area contributed by atoms with Gasteiger partial charge in [-0.25, -0.2) is 0 Å². The van der Waals surface area contributed by atoms with Crippen LogP contribution in [-0.2, 0) is 9.53 Å². The average molecular weight is 461 g/mol. The molecule has 4 rings (SSSR count). The topological polar surface area (TPSA) is 122 Å². The summed E-state index contributed by atoms with van der Waals surface area (Å²) in [4.78, 5) is 52.3. The van der Waals surface area contributed by atoms with Gasteiger partial charge in [-0.15, -0.1) is 0 Å². The van der Waals surface area contributed by atoms with Gasteiger partial charge in [0.25, 0.3) is 17.4 Å². The Hall–Kier alpha value is -3.05. The van der Waals surface area contributed by atoms with Gasteiger partial charge in [0.2, 0.25) is 0 Å². The van der Waals surface area contributed by atoms with Crippen LogP contribution in [-0.4, -0.2) is 46.9 Å². The van der Waals surface area contributed by atoms with Crippen molar-refractivity contribution in [3.05, 3.63) is 42.9 Å². The molecule has 1 aliphatic carbocycles. The number of H-pyrrole nitrogens is 1. The molecule has 9 nitrogen and oxygen atoms in total. The highest BCUT2D eigenvalue weighted by atomic mass is 32.1. The van der Waals surface area contributed by atoms with E-state index in [-0.39, 0.29) is 29.6 Å². The maximum Gasteiger partial charge on any atom is 0.325 e. The molecule has 0 spiro atoms. The molecule has 31 heavy (non-hydrogen) atoms. The zero-order chi connectivity index (χ0) is 22.1. The Balaban J connectivity index is 1.77. The first-order valence-corrected chi connectivity index (χ1v) is 11.0. The van der Waals surface area contributed by atoms with Crippen molar-refractivity contribution in [1.82, 2.24) is 20.0 Å². The number of ether oxygens (including phenoxy) is 1. The molecule has 1 fully saturated rings. The summed E-state index contributed by atoms with van der Waals surface area (Å²) in [5.74, 6) is -1.35. The van der Waals surface area contributed by atoms with Crippen LogP contribution in [0, 0.1) is 3.95 Å². The first kappa shape index (κ1) is 21.2. The predicted molar refractivity (Wildman–Crippen MR) is 118 cm³/mol. The largest absolute Gasteiger partial charge is 0.468 e. The quantitative estimate of drug-likeness (QED) is 0.396. The number of rotatable bonds is 5. The number of nitrogens with one attached hydrogen (secondary N) is 3. The molecule has 1 saturated carbocycles. The minimum absolute atomic E-state index is 0.125. The van der Waals surface area contributed by atoms with E-state index in [9.17, 15) is 19.2 Å². The minimum atomic E-state index is -0.578. The van der Waals surface area contributed by atoms with Crippen LogP contribution in [0.1, 0.15) is 45.7 Å². The van der Waals surface area contributed by atoms with Gasteiger partial charge in [0.15, 0.2) is 3.95 Å². The number of hydrogen-bond acceptors (Lipinski definition) is 7. The van der Waals surface area contributed by atoms with Crippen molar-refractivity contribution in [2.45, 2.75) is 31.7 Å². The van der Waals surface area contributed by atoms with Gasteiger partial charge in [0.1, 0.15) is 17.1 Å². The number of aromatic nitrogens is 2. The molecule has 2 heterocycles.